The Bertz CT molecular complexity index is 1540. The van der Waals surface area contributed by atoms with E-state index in [0.29, 0.717) is 35.3 Å². The van der Waals surface area contributed by atoms with Crippen molar-refractivity contribution in [1.29, 1.82) is 0 Å². The van der Waals surface area contributed by atoms with Crippen molar-refractivity contribution in [3.63, 3.8) is 0 Å². The van der Waals surface area contributed by atoms with Crippen molar-refractivity contribution in [1.82, 2.24) is 14.9 Å². The first kappa shape index (κ1) is 22.6. The highest BCUT2D eigenvalue weighted by Crippen LogP contribution is 2.29. The summed E-state index contributed by atoms with van der Waals surface area (Å²) < 4.78 is 14.0. The van der Waals surface area contributed by atoms with Crippen molar-refractivity contribution in [3.8, 4) is 22.9 Å². The molecule has 4 aromatic carbocycles. The van der Waals surface area contributed by atoms with Gasteiger partial charge in [0.05, 0.1) is 12.8 Å². The van der Waals surface area contributed by atoms with Crippen LogP contribution in [0.4, 0.5) is 0 Å². The minimum Gasteiger partial charge on any atom is -0.490 e. The number of aromatic amines is 1. The fourth-order valence-corrected chi connectivity index (χ4v) is 3.96. The molecule has 0 unspecified atom stereocenters. The summed E-state index contributed by atoms with van der Waals surface area (Å²) in [5.41, 5.74) is 2.87. The lowest BCUT2D eigenvalue weighted by Crippen LogP contribution is -2.01. The van der Waals surface area contributed by atoms with E-state index in [1.54, 1.807) is 10.9 Å². The number of H-pyrrole nitrogens is 1. The summed E-state index contributed by atoms with van der Waals surface area (Å²) in [5.74, 6) is 1.99. The molecule has 1 aromatic heterocycles. The van der Waals surface area contributed by atoms with E-state index in [1.165, 1.54) is 10.8 Å². The first-order valence-corrected chi connectivity index (χ1v) is 11.8. The zero-order valence-corrected chi connectivity index (χ0v) is 20.0. The molecule has 6 nitrogen and oxygen atoms in total. The molecular formula is C28H24N4O2S. The molecule has 0 saturated carbocycles. The molecule has 0 amide bonds. The van der Waals surface area contributed by atoms with Crippen LogP contribution in [0.2, 0.25) is 0 Å². The summed E-state index contributed by atoms with van der Waals surface area (Å²) in [6, 6.07) is 30.2. The summed E-state index contributed by atoms with van der Waals surface area (Å²) in [5, 5.41) is 14.1. The third-order valence-corrected chi connectivity index (χ3v) is 5.74. The second kappa shape index (κ2) is 10.4. The molecule has 0 aliphatic rings. The molecule has 0 radical (unpaired) electrons. The number of hydrogen-bond acceptors (Lipinski definition) is 5. The zero-order valence-electron chi connectivity index (χ0n) is 19.2. The average Bonchev–Trinajstić information content (AvgIpc) is 3.27. The Labute approximate surface area is 208 Å². The maximum Gasteiger partial charge on any atom is 0.216 e. The van der Waals surface area contributed by atoms with Gasteiger partial charge in [0, 0.05) is 5.56 Å². The van der Waals surface area contributed by atoms with Crippen molar-refractivity contribution in [3.05, 3.63) is 107 Å². The molecule has 0 aliphatic carbocycles. The Balaban J connectivity index is 1.36. The fourth-order valence-electron chi connectivity index (χ4n) is 3.78. The standard InChI is InChI=1S/C28H24N4O2S/c1-2-33-26-17-20(18-29-32-27(30-31-28(32)35)23-9-4-3-5-10-23)13-15-25(26)34-19-21-12-14-22-8-6-7-11-24(22)16-21/h3-18H,2,19H2,1H3,(H,31,35). The summed E-state index contributed by atoms with van der Waals surface area (Å²) in [7, 11) is 0. The lowest BCUT2D eigenvalue weighted by Gasteiger charge is -2.13. The first-order chi connectivity index (χ1) is 17.2. The molecule has 5 aromatic rings. The van der Waals surface area contributed by atoms with Gasteiger partial charge in [-0.15, -0.1) is 0 Å². The molecule has 0 saturated heterocycles. The molecule has 35 heavy (non-hydrogen) atoms. The molecule has 1 heterocycles. The van der Waals surface area contributed by atoms with E-state index in [9.17, 15) is 0 Å². The Morgan fingerprint density at radius 1 is 0.886 bits per heavy atom. The topological polar surface area (TPSA) is 64.4 Å². The zero-order chi connectivity index (χ0) is 24.0. The van der Waals surface area contributed by atoms with Crippen LogP contribution < -0.4 is 9.47 Å². The highest BCUT2D eigenvalue weighted by Gasteiger charge is 2.09. The van der Waals surface area contributed by atoms with Crippen molar-refractivity contribution in [2.45, 2.75) is 13.5 Å². The molecule has 0 spiro atoms. The van der Waals surface area contributed by atoms with E-state index in [0.717, 1.165) is 16.7 Å². The number of fused-ring (bicyclic) bond motifs is 1. The van der Waals surface area contributed by atoms with Crippen LogP contribution in [0.15, 0.2) is 96.1 Å². The Hall–Kier alpha value is -4.23. The highest BCUT2D eigenvalue weighted by atomic mass is 32.1. The Morgan fingerprint density at radius 2 is 1.69 bits per heavy atom. The molecule has 0 aliphatic heterocycles. The number of benzene rings is 4. The number of rotatable bonds is 8. The van der Waals surface area contributed by atoms with Gasteiger partial charge in [-0.05, 0) is 65.3 Å². The first-order valence-electron chi connectivity index (χ1n) is 11.4. The average molecular weight is 481 g/mol. The van der Waals surface area contributed by atoms with Crippen LogP contribution in [0, 0.1) is 4.77 Å². The normalized spacial score (nSPS) is 11.2. The van der Waals surface area contributed by atoms with Gasteiger partial charge in [-0.2, -0.15) is 14.9 Å². The minimum atomic E-state index is 0.417. The van der Waals surface area contributed by atoms with Crippen LogP contribution in [0.1, 0.15) is 18.1 Å². The molecule has 5 rings (SSSR count). The predicted octanol–water partition coefficient (Wildman–Crippen LogP) is 6.62. The largest absolute Gasteiger partial charge is 0.490 e. The molecule has 1 N–H and O–H groups in total. The second-order valence-electron chi connectivity index (χ2n) is 7.88. The number of nitrogens with zero attached hydrogens (tertiary/aromatic N) is 3. The fraction of sp³-hybridized carbons (Fsp3) is 0.107. The molecular weight excluding hydrogens is 456 g/mol. The van der Waals surface area contributed by atoms with Gasteiger partial charge in [0.1, 0.15) is 6.61 Å². The minimum absolute atomic E-state index is 0.417. The summed E-state index contributed by atoms with van der Waals surface area (Å²) in [6.45, 7) is 2.92. The predicted molar refractivity (Wildman–Crippen MR) is 142 cm³/mol. The van der Waals surface area contributed by atoms with Crippen molar-refractivity contribution in [2.75, 3.05) is 6.61 Å². The van der Waals surface area contributed by atoms with E-state index in [1.807, 2.05) is 67.6 Å². The van der Waals surface area contributed by atoms with Gasteiger partial charge < -0.3 is 9.47 Å². The van der Waals surface area contributed by atoms with Crippen molar-refractivity contribution >= 4 is 29.2 Å². The molecule has 0 bridgehead atoms. The van der Waals surface area contributed by atoms with Gasteiger partial charge in [0.15, 0.2) is 17.3 Å². The molecule has 7 heteroatoms. The van der Waals surface area contributed by atoms with Crippen molar-refractivity contribution in [2.24, 2.45) is 5.10 Å². The summed E-state index contributed by atoms with van der Waals surface area (Å²) >= 11 is 5.37. The quantitative estimate of drug-likeness (QED) is 0.200. The van der Waals surface area contributed by atoms with Crippen LogP contribution in [0.5, 0.6) is 11.5 Å². The monoisotopic (exact) mass is 480 g/mol. The Morgan fingerprint density at radius 3 is 2.51 bits per heavy atom. The van der Waals surface area contributed by atoms with Gasteiger partial charge in [-0.3, -0.25) is 0 Å². The third kappa shape index (κ3) is 5.15. The molecule has 174 valence electrons. The smallest absolute Gasteiger partial charge is 0.216 e. The highest BCUT2D eigenvalue weighted by molar-refractivity contribution is 7.71. The number of ether oxygens (including phenoxy) is 2. The van der Waals surface area contributed by atoms with Crippen LogP contribution >= 0.6 is 12.2 Å². The van der Waals surface area contributed by atoms with E-state index < -0.39 is 0 Å². The number of nitrogens with one attached hydrogen (secondary N) is 1. The van der Waals surface area contributed by atoms with E-state index >= 15 is 0 Å². The van der Waals surface area contributed by atoms with Gasteiger partial charge in [-0.25, -0.2) is 5.10 Å². The summed E-state index contributed by atoms with van der Waals surface area (Å²) in [6.07, 6.45) is 1.73. The van der Waals surface area contributed by atoms with E-state index in [4.69, 9.17) is 21.7 Å². The van der Waals surface area contributed by atoms with Gasteiger partial charge in [-0.1, -0.05) is 66.7 Å². The van der Waals surface area contributed by atoms with Crippen LogP contribution in [-0.2, 0) is 6.61 Å². The maximum atomic E-state index is 6.12. The van der Waals surface area contributed by atoms with Gasteiger partial charge >= 0.3 is 0 Å². The molecule has 0 fully saturated rings. The van der Waals surface area contributed by atoms with Crippen molar-refractivity contribution < 1.29 is 9.47 Å². The summed E-state index contributed by atoms with van der Waals surface area (Å²) in [4.78, 5) is 0. The lowest BCUT2D eigenvalue weighted by atomic mass is 10.1. The SMILES string of the molecule is CCOc1cc(C=Nn2c(-c3ccccc3)n[nH]c2=S)ccc1OCc1ccc2ccccc2c1. The van der Waals surface area contributed by atoms with Crippen LogP contribution in [0.3, 0.4) is 0 Å². The Kier molecular flexibility index (Phi) is 6.68. The lowest BCUT2D eigenvalue weighted by molar-refractivity contribution is 0.269. The van der Waals surface area contributed by atoms with Gasteiger partial charge in [0.25, 0.3) is 0 Å². The second-order valence-corrected chi connectivity index (χ2v) is 8.27. The molecule has 0 atom stereocenters. The van der Waals surface area contributed by atoms with Crippen LogP contribution in [0.25, 0.3) is 22.2 Å². The van der Waals surface area contributed by atoms with Crippen LogP contribution in [-0.4, -0.2) is 27.7 Å². The third-order valence-electron chi connectivity index (χ3n) is 5.48. The van der Waals surface area contributed by atoms with Gasteiger partial charge in [0.2, 0.25) is 4.77 Å². The maximum absolute atomic E-state index is 6.12. The van der Waals surface area contributed by atoms with E-state index in [2.05, 4.69) is 45.6 Å². The number of hydrogen-bond donors (Lipinski definition) is 1. The number of aromatic nitrogens is 3. The van der Waals surface area contributed by atoms with E-state index in [-0.39, 0.29) is 0 Å².